The molecule has 0 bridgehead atoms. The molecule has 0 rings (SSSR count). The molecule has 0 saturated heterocycles. The first-order chi connectivity index (χ1) is 14.6. The Hall–Kier alpha value is -2.41. The van der Waals surface area contributed by atoms with Crippen molar-refractivity contribution < 1.29 is 24.2 Å². The highest BCUT2D eigenvalue weighted by molar-refractivity contribution is 5.91. The van der Waals surface area contributed by atoms with Gasteiger partial charge in [-0.15, -0.1) is 0 Å². The number of ether oxygens (including phenoxy) is 1. The third-order valence-electron chi connectivity index (χ3n) is 3.92. The number of carboxylic acid groups (broad SMARTS) is 1. The minimum Gasteiger partial charge on any atom is -0.478 e. The molecule has 0 aliphatic rings. The van der Waals surface area contributed by atoms with E-state index in [1.165, 1.54) is 38.5 Å². The van der Waals surface area contributed by atoms with E-state index in [2.05, 4.69) is 38.9 Å². The molecule has 0 fully saturated rings. The minimum absolute atomic E-state index is 0.308. The van der Waals surface area contributed by atoms with E-state index in [1.54, 1.807) is 6.92 Å². The number of hydrogen-bond acceptors (Lipinski definition) is 5. The van der Waals surface area contributed by atoms with Gasteiger partial charge < -0.3 is 20.9 Å². The van der Waals surface area contributed by atoms with Crippen LogP contribution in [0.2, 0.25) is 0 Å². The first-order valence-corrected chi connectivity index (χ1v) is 11.0. The Kier molecular flexibility index (Phi) is 27.5. The van der Waals surface area contributed by atoms with Gasteiger partial charge in [0.1, 0.15) is 6.61 Å². The van der Waals surface area contributed by atoms with Crippen LogP contribution in [0, 0.1) is 0 Å². The number of nitrogens with one attached hydrogen (secondary N) is 1. The number of aliphatic carboxylic acids is 1. The molecule has 0 spiro atoms. The van der Waals surface area contributed by atoms with Crippen LogP contribution in [-0.4, -0.2) is 42.6 Å². The number of amides is 1. The van der Waals surface area contributed by atoms with E-state index in [0.29, 0.717) is 17.8 Å². The van der Waals surface area contributed by atoms with Crippen LogP contribution in [-0.2, 0) is 19.1 Å². The maximum atomic E-state index is 10.9. The molecule has 0 unspecified atom stereocenters. The number of nitrogens with two attached hydrogens (primary N) is 1. The third-order valence-corrected chi connectivity index (χ3v) is 3.92. The zero-order valence-electron chi connectivity index (χ0n) is 19.8. The topological polar surface area (TPSA) is 119 Å². The summed E-state index contributed by atoms with van der Waals surface area (Å²) in [7, 11) is 0. The van der Waals surface area contributed by atoms with Gasteiger partial charge in [0.25, 0.3) is 0 Å². The lowest BCUT2D eigenvalue weighted by molar-refractivity contribution is -0.138. The van der Waals surface area contributed by atoms with Gasteiger partial charge in [0.05, 0.1) is 0 Å². The van der Waals surface area contributed by atoms with Gasteiger partial charge in [-0.25, -0.2) is 9.59 Å². The molecule has 0 aromatic heterocycles. The lowest BCUT2D eigenvalue weighted by Crippen LogP contribution is -2.22. The van der Waals surface area contributed by atoms with E-state index in [1.807, 2.05) is 0 Å². The van der Waals surface area contributed by atoms with Crippen molar-refractivity contribution in [3.63, 3.8) is 0 Å². The normalized spacial score (nSPS) is 9.26. The first kappa shape index (κ1) is 33.2. The minimum atomic E-state index is -0.981. The monoisotopic (exact) mass is 440 g/mol. The number of hydrogen-bond donors (Lipinski definition) is 3. The highest BCUT2D eigenvalue weighted by Crippen LogP contribution is 2.10. The van der Waals surface area contributed by atoms with E-state index < -0.39 is 5.97 Å². The highest BCUT2D eigenvalue weighted by atomic mass is 16.5. The maximum absolute atomic E-state index is 10.9. The lowest BCUT2D eigenvalue weighted by atomic mass is 10.1. The number of rotatable bonds is 16. The van der Waals surface area contributed by atoms with Gasteiger partial charge in [0.2, 0.25) is 5.91 Å². The van der Waals surface area contributed by atoms with E-state index in [4.69, 9.17) is 15.6 Å². The van der Waals surface area contributed by atoms with E-state index in [0.717, 1.165) is 38.4 Å². The Bertz CT molecular complexity index is 492. The highest BCUT2D eigenvalue weighted by Gasteiger charge is 2.01. The summed E-state index contributed by atoms with van der Waals surface area (Å²) in [6, 6.07) is 0. The van der Waals surface area contributed by atoms with E-state index in [-0.39, 0.29) is 11.9 Å². The molecule has 0 heterocycles. The van der Waals surface area contributed by atoms with Crippen LogP contribution in [0.1, 0.15) is 78.6 Å². The van der Waals surface area contributed by atoms with Crippen molar-refractivity contribution in [2.75, 3.05) is 19.7 Å². The summed E-state index contributed by atoms with van der Waals surface area (Å²) in [5.41, 5.74) is 6.08. The van der Waals surface area contributed by atoms with Crippen LogP contribution < -0.4 is 11.1 Å². The molecule has 180 valence electrons. The third kappa shape index (κ3) is 32.5. The second kappa shape index (κ2) is 25.6. The summed E-state index contributed by atoms with van der Waals surface area (Å²) in [6.45, 7) is 18.2. The molecular weight excluding hydrogens is 396 g/mol. The number of esters is 1. The zero-order chi connectivity index (χ0) is 24.5. The van der Waals surface area contributed by atoms with Crippen LogP contribution >= 0.6 is 0 Å². The van der Waals surface area contributed by atoms with E-state index >= 15 is 0 Å². The molecule has 0 aliphatic heterocycles. The smallest absolute Gasteiger partial charge is 0.333 e. The fourth-order valence-corrected chi connectivity index (χ4v) is 2.01. The fourth-order valence-electron chi connectivity index (χ4n) is 2.01. The summed E-state index contributed by atoms with van der Waals surface area (Å²) in [4.78, 5) is 30.7. The van der Waals surface area contributed by atoms with E-state index in [9.17, 15) is 14.4 Å². The first-order valence-electron chi connectivity index (χ1n) is 11.0. The van der Waals surface area contributed by atoms with Crippen molar-refractivity contribution >= 4 is 17.8 Å². The Morgan fingerprint density at radius 3 is 1.94 bits per heavy atom. The van der Waals surface area contributed by atoms with Crippen molar-refractivity contribution in [3.05, 3.63) is 37.0 Å². The molecule has 0 aromatic carbocycles. The zero-order valence-corrected chi connectivity index (χ0v) is 19.8. The van der Waals surface area contributed by atoms with Crippen LogP contribution in [0.4, 0.5) is 0 Å². The average molecular weight is 441 g/mol. The predicted molar refractivity (Wildman–Crippen MR) is 128 cm³/mol. The van der Waals surface area contributed by atoms with Crippen molar-refractivity contribution in [2.24, 2.45) is 5.73 Å². The van der Waals surface area contributed by atoms with Crippen molar-refractivity contribution in [1.82, 2.24) is 5.32 Å². The van der Waals surface area contributed by atoms with Crippen LogP contribution in [0.25, 0.3) is 0 Å². The maximum Gasteiger partial charge on any atom is 0.333 e. The quantitative estimate of drug-likeness (QED) is 0.184. The number of unbranched alkanes of at least 4 members (excludes halogenated alkanes) is 6. The average Bonchev–Trinajstić information content (AvgIpc) is 2.73. The SMILES string of the molecule is C=C(C)C(=O)OCCNCCCC.C=C(CCCCCCCC)C(N)=O.C=CC(=O)O. The second-order valence-corrected chi connectivity index (χ2v) is 7.05. The number of carbonyl (C=O) groups excluding carboxylic acids is 2. The molecule has 0 aromatic rings. The van der Waals surface area contributed by atoms with Crippen LogP contribution in [0.15, 0.2) is 37.0 Å². The summed E-state index contributed by atoms with van der Waals surface area (Å²) in [5, 5.41) is 10.8. The number of carboxylic acids is 1. The molecule has 7 nitrogen and oxygen atoms in total. The van der Waals surface area contributed by atoms with Gasteiger partial charge in [-0.05, 0) is 32.7 Å². The molecule has 1 amide bonds. The van der Waals surface area contributed by atoms with Gasteiger partial charge in [-0.3, -0.25) is 4.79 Å². The molecule has 31 heavy (non-hydrogen) atoms. The molecule has 0 radical (unpaired) electrons. The predicted octanol–water partition coefficient (Wildman–Crippen LogP) is 4.53. The summed E-state index contributed by atoms with van der Waals surface area (Å²) < 4.78 is 4.88. The fraction of sp³-hybridized carbons (Fsp3) is 0.625. The molecule has 0 atom stereocenters. The summed E-state index contributed by atoms with van der Waals surface area (Å²) in [5.74, 6) is -1.64. The summed E-state index contributed by atoms with van der Waals surface area (Å²) in [6.07, 6.45) is 11.3. The molecule has 0 aliphatic carbocycles. The number of primary amides is 1. The van der Waals surface area contributed by atoms with Crippen molar-refractivity contribution in [1.29, 1.82) is 0 Å². The van der Waals surface area contributed by atoms with Gasteiger partial charge in [0, 0.05) is 23.8 Å². The molecule has 4 N–H and O–H groups in total. The van der Waals surface area contributed by atoms with Crippen LogP contribution in [0.5, 0.6) is 0 Å². The van der Waals surface area contributed by atoms with Crippen molar-refractivity contribution in [2.45, 2.75) is 78.6 Å². The Morgan fingerprint density at radius 2 is 1.48 bits per heavy atom. The molecule has 7 heteroatoms. The number of carbonyl (C=O) groups is 3. The molecule has 0 saturated carbocycles. The molecular formula is C24H44N2O5. The summed E-state index contributed by atoms with van der Waals surface area (Å²) >= 11 is 0. The van der Waals surface area contributed by atoms with Gasteiger partial charge in [-0.2, -0.15) is 0 Å². The Morgan fingerprint density at radius 1 is 0.968 bits per heavy atom. The second-order valence-electron chi connectivity index (χ2n) is 7.05. The van der Waals surface area contributed by atoms with Gasteiger partial charge in [-0.1, -0.05) is 72.1 Å². The van der Waals surface area contributed by atoms with Gasteiger partial charge in [0.15, 0.2) is 0 Å². The van der Waals surface area contributed by atoms with Gasteiger partial charge >= 0.3 is 11.9 Å². The van der Waals surface area contributed by atoms with Crippen LogP contribution in [0.3, 0.4) is 0 Å². The Labute approximate surface area is 188 Å². The van der Waals surface area contributed by atoms with Crippen molar-refractivity contribution in [3.8, 4) is 0 Å². The Balaban J connectivity index is -0.000000416. The lowest BCUT2D eigenvalue weighted by Gasteiger charge is -2.05. The standard InChI is InChI=1S/C11H21NO.C10H19NO2.C3H4O2/c1-3-4-5-6-7-8-9-10(2)11(12)13;1-4-5-6-11-7-8-13-10(12)9(2)3;1-2-3(4)5/h2-9H2,1H3,(H2,12,13);11H,2,4-8H2,1,3H3;2H,1H2,(H,4,5). The largest absolute Gasteiger partial charge is 0.478 e.